The fraction of sp³-hybridized carbons (Fsp3) is 0.0909. The summed E-state index contributed by atoms with van der Waals surface area (Å²) < 4.78 is 25.9. The fourth-order valence-electron chi connectivity index (χ4n) is 1.13. The molecule has 0 saturated heterocycles. The maximum absolute atomic E-state index is 9.19. The van der Waals surface area contributed by atoms with Gasteiger partial charge >= 0.3 is 29.6 Å². The zero-order chi connectivity index (χ0) is 11.3. The van der Waals surface area contributed by atoms with Gasteiger partial charge in [0.1, 0.15) is 0 Å². The molecule has 3 nitrogen and oxygen atoms in total. The van der Waals surface area contributed by atoms with Crippen LogP contribution < -0.4 is 29.6 Å². The van der Waals surface area contributed by atoms with Crippen LogP contribution in [0.1, 0.15) is 1.43 Å². The maximum atomic E-state index is 9.19. The Hall–Kier alpha value is -0.390. The zero-order valence-corrected chi connectivity index (χ0v) is 12.1. The molecular formula is C11H13NaO3S. The van der Waals surface area contributed by atoms with Crippen molar-refractivity contribution in [2.24, 2.45) is 0 Å². The van der Waals surface area contributed by atoms with Gasteiger partial charge < -0.3 is 1.43 Å². The van der Waals surface area contributed by atoms with Crippen LogP contribution in [0.15, 0.2) is 48.5 Å². The molecule has 2 aromatic carbocycles. The molecule has 0 amide bonds. The summed E-state index contributed by atoms with van der Waals surface area (Å²) in [4.78, 5) is 0. The van der Waals surface area contributed by atoms with Crippen molar-refractivity contribution in [2.45, 2.75) is 0 Å². The van der Waals surface area contributed by atoms with Crippen LogP contribution >= 0.6 is 0 Å². The molecule has 5 heteroatoms. The summed E-state index contributed by atoms with van der Waals surface area (Å²) in [6.07, 6.45) is 0.715. The average molecular weight is 248 g/mol. The van der Waals surface area contributed by atoms with Crippen LogP contribution in [-0.4, -0.2) is 19.2 Å². The minimum absolute atomic E-state index is 0. The number of rotatable bonds is 0. The molecule has 0 saturated carbocycles. The standard InChI is InChI=1S/C10H8.CH4O3S.Na.H/c1-2-6-10-8-4-3-7-9(10)5-1;1-5(2,3)4;;/h1-8H;1H3,(H,2,3,4);;/q;;+1;-1. The molecule has 0 aliphatic carbocycles. The van der Waals surface area contributed by atoms with E-state index in [1.807, 2.05) is 0 Å². The van der Waals surface area contributed by atoms with E-state index in [1.54, 1.807) is 0 Å². The quantitative estimate of drug-likeness (QED) is 0.503. The van der Waals surface area contributed by atoms with Crippen molar-refractivity contribution in [3.8, 4) is 0 Å². The van der Waals surface area contributed by atoms with Crippen LogP contribution in [0.25, 0.3) is 10.8 Å². The van der Waals surface area contributed by atoms with Crippen molar-refractivity contribution in [2.75, 3.05) is 6.26 Å². The van der Waals surface area contributed by atoms with Crippen LogP contribution in [0.4, 0.5) is 0 Å². The van der Waals surface area contributed by atoms with E-state index in [9.17, 15) is 8.42 Å². The van der Waals surface area contributed by atoms with E-state index in [1.165, 1.54) is 10.8 Å². The number of fused-ring (bicyclic) bond motifs is 1. The molecule has 0 spiro atoms. The SMILES string of the molecule is CS(=O)(=O)O.[H-].[Na+].c1ccc2ccccc2c1. The molecule has 16 heavy (non-hydrogen) atoms. The third kappa shape index (κ3) is 6.98. The molecule has 0 bridgehead atoms. The molecule has 2 aromatic rings. The van der Waals surface area contributed by atoms with Gasteiger partial charge in [0.2, 0.25) is 0 Å². The van der Waals surface area contributed by atoms with E-state index in [0.717, 1.165) is 0 Å². The Labute approximate surface area is 119 Å². The van der Waals surface area contributed by atoms with Gasteiger partial charge in [0.15, 0.2) is 0 Å². The summed E-state index contributed by atoms with van der Waals surface area (Å²) in [5, 5.41) is 2.62. The van der Waals surface area contributed by atoms with Crippen LogP contribution in [-0.2, 0) is 10.1 Å². The second kappa shape index (κ2) is 7.04. The Morgan fingerprint density at radius 2 is 1.12 bits per heavy atom. The van der Waals surface area contributed by atoms with Crippen molar-refractivity contribution >= 4 is 20.9 Å². The summed E-state index contributed by atoms with van der Waals surface area (Å²) in [5.41, 5.74) is 0. The molecule has 2 rings (SSSR count). The van der Waals surface area contributed by atoms with Crippen molar-refractivity contribution in [1.82, 2.24) is 0 Å². The Morgan fingerprint density at radius 3 is 1.31 bits per heavy atom. The summed E-state index contributed by atoms with van der Waals surface area (Å²) in [6, 6.07) is 16.7. The molecule has 0 heterocycles. The van der Waals surface area contributed by atoms with Crippen LogP contribution in [0.5, 0.6) is 0 Å². The molecule has 0 aromatic heterocycles. The van der Waals surface area contributed by atoms with Gasteiger partial charge in [-0.3, -0.25) is 4.55 Å². The third-order valence-electron chi connectivity index (χ3n) is 1.66. The van der Waals surface area contributed by atoms with Crippen molar-refractivity contribution in [1.29, 1.82) is 0 Å². The van der Waals surface area contributed by atoms with Crippen LogP contribution in [0, 0.1) is 0 Å². The summed E-state index contributed by atoms with van der Waals surface area (Å²) in [5.74, 6) is 0. The monoisotopic (exact) mass is 248 g/mol. The molecule has 0 radical (unpaired) electrons. The van der Waals surface area contributed by atoms with E-state index < -0.39 is 10.1 Å². The first-order valence-electron chi connectivity index (χ1n) is 4.33. The van der Waals surface area contributed by atoms with E-state index in [-0.39, 0.29) is 31.0 Å². The average Bonchev–Trinajstić information content (AvgIpc) is 2.16. The van der Waals surface area contributed by atoms with Crippen molar-refractivity contribution < 1.29 is 44.0 Å². The first-order valence-corrected chi connectivity index (χ1v) is 6.18. The summed E-state index contributed by atoms with van der Waals surface area (Å²) in [7, 11) is -3.67. The minimum atomic E-state index is -3.67. The Balaban J connectivity index is 0. The van der Waals surface area contributed by atoms with E-state index in [2.05, 4.69) is 48.5 Å². The topological polar surface area (TPSA) is 54.4 Å². The Kier molecular flexibility index (Phi) is 6.87. The smallest absolute Gasteiger partial charge is 1.00 e. The number of benzene rings is 2. The number of hydrogen-bond donors (Lipinski definition) is 1. The first kappa shape index (κ1) is 15.6. The fourth-order valence-corrected chi connectivity index (χ4v) is 1.13. The Bertz CT molecular complexity index is 470. The predicted molar refractivity (Wildman–Crippen MR) is 62.5 cm³/mol. The van der Waals surface area contributed by atoms with E-state index >= 15 is 0 Å². The van der Waals surface area contributed by atoms with Gasteiger partial charge in [0.05, 0.1) is 6.26 Å². The summed E-state index contributed by atoms with van der Waals surface area (Å²) in [6.45, 7) is 0. The molecule has 1 N–H and O–H groups in total. The first-order chi connectivity index (χ1) is 6.97. The van der Waals surface area contributed by atoms with Gasteiger partial charge in [0, 0.05) is 0 Å². The van der Waals surface area contributed by atoms with Gasteiger partial charge in [-0.05, 0) is 10.8 Å². The second-order valence-corrected chi connectivity index (χ2v) is 4.55. The molecule has 0 aliphatic rings. The van der Waals surface area contributed by atoms with Crippen LogP contribution in [0.2, 0.25) is 0 Å². The normalized spacial score (nSPS) is 9.88. The predicted octanol–water partition coefficient (Wildman–Crippen LogP) is -0.540. The third-order valence-corrected chi connectivity index (χ3v) is 1.66. The maximum Gasteiger partial charge on any atom is 1.00 e. The van der Waals surface area contributed by atoms with Gasteiger partial charge in [-0.25, -0.2) is 0 Å². The molecule has 0 aliphatic heterocycles. The molecule has 0 unspecified atom stereocenters. The van der Waals surface area contributed by atoms with Gasteiger partial charge in [-0.2, -0.15) is 8.42 Å². The molecule has 0 fully saturated rings. The van der Waals surface area contributed by atoms with Gasteiger partial charge in [-0.15, -0.1) is 0 Å². The van der Waals surface area contributed by atoms with Crippen molar-refractivity contribution in [3.05, 3.63) is 48.5 Å². The van der Waals surface area contributed by atoms with Crippen molar-refractivity contribution in [3.63, 3.8) is 0 Å². The molecule has 0 atom stereocenters. The van der Waals surface area contributed by atoms with Gasteiger partial charge in [-0.1, -0.05) is 48.5 Å². The van der Waals surface area contributed by atoms with E-state index in [4.69, 9.17) is 4.55 Å². The molecular weight excluding hydrogens is 235 g/mol. The number of hydrogen-bond acceptors (Lipinski definition) is 2. The minimum Gasteiger partial charge on any atom is -1.00 e. The zero-order valence-electron chi connectivity index (χ0n) is 10.3. The largest absolute Gasteiger partial charge is 1.00 e. The summed E-state index contributed by atoms with van der Waals surface area (Å²) >= 11 is 0. The molecule has 82 valence electrons. The van der Waals surface area contributed by atoms with Crippen LogP contribution in [0.3, 0.4) is 0 Å². The second-order valence-electron chi connectivity index (χ2n) is 3.08. The Morgan fingerprint density at radius 1 is 0.938 bits per heavy atom. The van der Waals surface area contributed by atoms with E-state index in [0.29, 0.717) is 6.26 Å². The van der Waals surface area contributed by atoms with Gasteiger partial charge in [0.25, 0.3) is 10.1 Å².